The number of nitrogen functional groups attached to an aromatic ring is 1. The van der Waals surface area contributed by atoms with E-state index in [1.54, 1.807) is 47.4 Å². The molecule has 2 aromatic carbocycles. The average Bonchev–Trinajstić information content (AvgIpc) is 2.77. The summed E-state index contributed by atoms with van der Waals surface area (Å²) >= 11 is 0. The third kappa shape index (κ3) is 4.78. The van der Waals surface area contributed by atoms with Crippen LogP contribution in [0.3, 0.4) is 0 Å². The fourth-order valence-electron chi connectivity index (χ4n) is 3.92. The third-order valence-electron chi connectivity index (χ3n) is 5.90. The number of anilines is 2. The molecule has 0 aromatic heterocycles. The van der Waals surface area contributed by atoms with Gasteiger partial charge in [0, 0.05) is 42.1 Å². The first-order chi connectivity index (χ1) is 16.2. The predicted molar refractivity (Wildman–Crippen MR) is 126 cm³/mol. The van der Waals surface area contributed by atoms with Gasteiger partial charge in [-0.1, -0.05) is 0 Å². The summed E-state index contributed by atoms with van der Waals surface area (Å²) in [6.07, 6.45) is -2.15. The third-order valence-corrected chi connectivity index (χ3v) is 5.90. The van der Waals surface area contributed by atoms with Crippen molar-refractivity contribution in [2.45, 2.75) is 25.6 Å². The van der Waals surface area contributed by atoms with Crippen LogP contribution in [0.1, 0.15) is 27.9 Å². The Hall–Kier alpha value is -3.76. The Bertz CT molecular complexity index is 1130. The molecule has 5 N–H and O–H groups in total. The molecule has 2 heterocycles. The maximum absolute atomic E-state index is 13.2. The summed E-state index contributed by atoms with van der Waals surface area (Å²) in [6, 6.07) is 11.4. The number of nitrogens with two attached hydrogens (primary N) is 1. The number of amidine groups is 1. The van der Waals surface area contributed by atoms with Gasteiger partial charge in [0.2, 0.25) is 0 Å². The van der Waals surface area contributed by atoms with Crippen LogP contribution in [0.4, 0.5) is 11.4 Å². The lowest BCUT2D eigenvalue weighted by molar-refractivity contribution is -0.150. The van der Waals surface area contributed by atoms with Gasteiger partial charge in [-0.3, -0.25) is 19.8 Å². The first-order valence-electron chi connectivity index (χ1n) is 11.0. The van der Waals surface area contributed by atoms with E-state index >= 15 is 0 Å². The summed E-state index contributed by atoms with van der Waals surface area (Å²) in [4.78, 5) is 41.6. The molecule has 10 heteroatoms. The molecule has 2 aromatic rings. The molecule has 2 aliphatic heterocycles. The van der Waals surface area contributed by atoms with E-state index in [0.29, 0.717) is 22.5 Å². The number of rotatable bonds is 6. The maximum atomic E-state index is 13.2. The van der Waals surface area contributed by atoms with E-state index < -0.39 is 24.0 Å². The molecule has 0 radical (unpaired) electrons. The zero-order valence-corrected chi connectivity index (χ0v) is 18.8. The van der Waals surface area contributed by atoms with Gasteiger partial charge < -0.3 is 30.7 Å². The van der Waals surface area contributed by atoms with Crippen molar-refractivity contribution in [1.29, 1.82) is 5.41 Å². The molecule has 2 atom stereocenters. The number of nitrogens with one attached hydrogen (secondary N) is 2. The van der Waals surface area contributed by atoms with Crippen molar-refractivity contribution in [2.24, 2.45) is 5.73 Å². The molecular formula is C24H27N5O5. The highest BCUT2D eigenvalue weighted by atomic mass is 16.5. The summed E-state index contributed by atoms with van der Waals surface area (Å²) < 4.78 is 5.46. The Morgan fingerprint density at radius 2 is 1.85 bits per heavy atom. The minimum atomic E-state index is -1.74. The number of morpholine rings is 1. The standard InChI is InChI=1S/C24H27N5O5/c1-14-11-16(23(32)28-7-2-8-28)13-18(12-14)29-9-10-34-20(24(29)33)19(30)22(31)27-17-5-3-15(4-6-17)21(25)26/h3-6,11-13,19-20,30H,2,7-10H2,1H3,(H3,25,26)(H,27,31)/t19-,20-/m1/s1. The van der Waals surface area contributed by atoms with Gasteiger partial charge in [0.05, 0.1) is 6.61 Å². The van der Waals surface area contributed by atoms with E-state index in [4.69, 9.17) is 15.9 Å². The number of carbonyl (C=O) groups is 3. The van der Waals surface area contributed by atoms with E-state index in [9.17, 15) is 19.5 Å². The number of hydrogen-bond donors (Lipinski definition) is 4. The number of ether oxygens (including phenoxy) is 1. The summed E-state index contributed by atoms with van der Waals surface area (Å²) in [6.45, 7) is 3.64. The van der Waals surface area contributed by atoms with Crippen LogP contribution in [-0.4, -0.2) is 72.0 Å². The minimum absolute atomic E-state index is 0.0799. The SMILES string of the molecule is Cc1cc(C(=O)N2CCC2)cc(N2CCO[C@H]([C@@H](O)C(=O)Nc3ccc(C(=N)N)cc3)C2=O)c1. The second-order valence-corrected chi connectivity index (χ2v) is 8.41. The van der Waals surface area contributed by atoms with E-state index in [0.717, 1.165) is 25.1 Å². The molecule has 2 fully saturated rings. The lowest BCUT2D eigenvalue weighted by atomic mass is 10.0. The summed E-state index contributed by atoms with van der Waals surface area (Å²) in [5.41, 5.74) is 8.14. The Morgan fingerprint density at radius 3 is 2.47 bits per heavy atom. The quantitative estimate of drug-likeness (QED) is 0.367. The normalized spacial score (nSPS) is 18.8. The number of amides is 3. The van der Waals surface area contributed by atoms with Crippen LogP contribution in [0.15, 0.2) is 42.5 Å². The van der Waals surface area contributed by atoms with Crippen LogP contribution < -0.4 is 16.0 Å². The smallest absolute Gasteiger partial charge is 0.259 e. The van der Waals surface area contributed by atoms with Crippen LogP contribution in [0.2, 0.25) is 0 Å². The van der Waals surface area contributed by atoms with Crippen LogP contribution in [0.5, 0.6) is 0 Å². The number of aliphatic hydroxyl groups is 1. The monoisotopic (exact) mass is 465 g/mol. The van der Waals surface area contributed by atoms with Crippen LogP contribution in [-0.2, 0) is 14.3 Å². The predicted octanol–water partition coefficient (Wildman–Crippen LogP) is 0.856. The molecular weight excluding hydrogens is 438 g/mol. The maximum Gasteiger partial charge on any atom is 0.259 e. The number of aliphatic hydroxyl groups excluding tert-OH is 1. The van der Waals surface area contributed by atoms with Crippen LogP contribution in [0.25, 0.3) is 0 Å². The van der Waals surface area contributed by atoms with Gasteiger partial charge in [0.1, 0.15) is 5.84 Å². The summed E-state index contributed by atoms with van der Waals surface area (Å²) in [5.74, 6) is -1.55. The number of likely N-dealkylation sites (tertiary alicyclic amines) is 1. The molecule has 4 rings (SSSR count). The van der Waals surface area contributed by atoms with Crippen molar-refractivity contribution in [1.82, 2.24) is 4.90 Å². The van der Waals surface area contributed by atoms with Gasteiger partial charge in [-0.15, -0.1) is 0 Å². The van der Waals surface area contributed by atoms with Gasteiger partial charge in [-0.05, 0) is 61.4 Å². The first-order valence-corrected chi connectivity index (χ1v) is 11.0. The zero-order valence-electron chi connectivity index (χ0n) is 18.8. The van der Waals surface area contributed by atoms with Crippen LogP contribution in [0, 0.1) is 12.3 Å². The van der Waals surface area contributed by atoms with Crippen LogP contribution >= 0.6 is 0 Å². The van der Waals surface area contributed by atoms with Crippen molar-refractivity contribution in [3.8, 4) is 0 Å². The Labute approximate surface area is 196 Å². The zero-order chi connectivity index (χ0) is 24.4. The fraction of sp³-hybridized carbons (Fsp3) is 0.333. The Balaban J connectivity index is 1.48. The number of hydrogen-bond acceptors (Lipinski definition) is 6. The number of nitrogens with zero attached hydrogens (tertiary/aromatic N) is 2. The van der Waals surface area contributed by atoms with E-state index in [1.807, 2.05) is 6.92 Å². The summed E-state index contributed by atoms with van der Waals surface area (Å²) in [5, 5.41) is 20.5. The van der Waals surface area contributed by atoms with Crippen molar-refractivity contribution in [3.05, 3.63) is 59.2 Å². The largest absolute Gasteiger partial charge is 0.384 e. The molecule has 0 unspecified atom stereocenters. The van der Waals surface area contributed by atoms with Gasteiger partial charge in [-0.25, -0.2) is 0 Å². The number of aryl methyl sites for hydroxylation is 1. The highest BCUT2D eigenvalue weighted by Gasteiger charge is 2.39. The highest BCUT2D eigenvalue weighted by Crippen LogP contribution is 2.25. The van der Waals surface area contributed by atoms with Gasteiger partial charge in [0.25, 0.3) is 17.7 Å². The summed E-state index contributed by atoms with van der Waals surface area (Å²) in [7, 11) is 0. The lowest BCUT2D eigenvalue weighted by Crippen LogP contribution is -2.55. The average molecular weight is 466 g/mol. The Kier molecular flexibility index (Phi) is 6.62. The van der Waals surface area contributed by atoms with Crippen molar-refractivity contribution >= 4 is 34.9 Å². The fourth-order valence-corrected chi connectivity index (χ4v) is 3.92. The second kappa shape index (κ2) is 9.62. The molecule has 0 saturated carbocycles. The number of carbonyl (C=O) groups excluding carboxylic acids is 3. The number of benzene rings is 2. The van der Waals surface area contributed by atoms with E-state index in [-0.39, 0.29) is 24.9 Å². The second-order valence-electron chi connectivity index (χ2n) is 8.41. The topological polar surface area (TPSA) is 149 Å². The molecule has 2 aliphatic rings. The first kappa shape index (κ1) is 23.4. The lowest BCUT2D eigenvalue weighted by Gasteiger charge is -2.35. The molecule has 3 amide bonds. The van der Waals surface area contributed by atoms with E-state index in [2.05, 4.69) is 5.32 Å². The molecule has 2 saturated heterocycles. The highest BCUT2D eigenvalue weighted by molar-refractivity contribution is 6.05. The Morgan fingerprint density at radius 1 is 1.15 bits per heavy atom. The molecule has 0 bridgehead atoms. The van der Waals surface area contributed by atoms with Gasteiger partial charge >= 0.3 is 0 Å². The van der Waals surface area contributed by atoms with Crippen molar-refractivity contribution in [2.75, 3.05) is 36.5 Å². The van der Waals surface area contributed by atoms with Crippen molar-refractivity contribution < 1.29 is 24.2 Å². The molecule has 0 spiro atoms. The molecule has 34 heavy (non-hydrogen) atoms. The molecule has 10 nitrogen and oxygen atoms in total. The van der Waals surface area contributed by atoms with E-state index in [1.165, 1.54) is 4.90 Å². The molecule has 178 valence electrons. The van der Waals surface area contributed by atoms with Crippen molar-refractivity contribution in [3.63, 3.8) is 0 Å². The van der Waals surface area contributed by atoms with Gasteiger partial charge in [0.15, 0.2) is 12.2 Å². The molecule has 0 aliphatic carbocycles. The minimum Gasteiger partial charge on any atom is -0.384 e. The van der Waals surface area contributed by atoms with Gasteiger partial charge in [-0.2, -0.15) is 0 Å².